The summed E-state index contributed by atoms with van der Waals surface area (Å²) in [7, 11) is 0. The zero-order valence-electron chi connectivity index (χ0n) is 9.38. The van der Waals surface area contributed by atoms with Crippen LogP contribution in [-0.2, 0) is 11.2 Å². The van der Waals surface area contributed by atoms with Crippen LogP contribution in [0.5, 0.6) is 0 Å². The second kappa shape index (κ2) is 5.50. The van der Waals surface area contributed by atoms with Gasteiger partial charge in [-0.2, -0.15) is 0 Å². The molecule has 2 N–H and O–H groups in total. The van der Waals surface area contributed by atoms with Crippen LogP contribution in [0.3, 0.4) is 0 Å². The van der Waals surface area contributed by atoms with E-state index in [1.54, 1.807) is 29.8 Å². The number of carbonyl (C=O) groups excluding carboxylic acids is 1. The Bertz CT molecular complexity index is 544. The molecule has 5 nitrogen and oxygen atoms in total. The van der Waals surface area contributed by atoms with E-state index in [2.05, 4.69) is 5.32 Å². The first-order valence-electron chi connectivity index (χ1n) is 5.30. The zero-order valence-corrected chi connectivity index (χ0v) is 10.2. The van der Waals surface area contributed by atoms with Gasteiger partial charge in [-0.1, -0.05) is 0 Å². The van der Waals surface area contributed by atoms with Gasteiger partial charge in [-0.15, -0.1) is 11.3 Å². The molecule has 0 saturated carbocycles. The fourth-order valence-corrected chi connectivity index (χ4v) is 2.16. The summed E-state index contributed by atoms with van der Waals surface area (Å²) in [5.41, 5.74) is 0.344. The molecule has 0 aromatic carbocycles. The van der Waals surface area contributed by atoms with Crippen molar-refractivity contribution in [2.75, 3.05) is 5.32 Å². The predicted octanol–water partition coefficient (Wildman–Crippen LogP) is 2.61. The van der Waals surface area contributed by atoms with Crippen LogP contribution in [0.25, 0.3) is 0 Å². The van der Waals surface area contributed by atoms with Gasteiger partial charge in [0.05, 0.1) is 12.0 Å². The SMILES string of the molecule is O=C(CCc1ccco1)Nc1ccsc1C(=O)O. The van der Waals surface area contributed by atoms with Gasteiger partial charge < -0.3 is 14.8 Å². The number of aryl methyl sites for hydroxylation is 1. The molecule has 94 valence electrons. The average molecular weight is 265 g/mol. The van der Waals surface area contributed by atoms with Crippen molar-refractivity contribution in [3.8, 4) is 0 Å². The number of anilines is 1. The van der Waals surface area contributed by atoms with Crippen LogP contribution in [0.15, 0.2) is 34.3 Å². The lowest BCUT2D eigenvalue weighted by Gasteiger charge is -2.03. The molecule has 0 aliphatic rings. The number of furan rings is 1. The Kier molecular flexibility index (Phi) is 3.78. The van der Waals surface area contributed by atoms with Gasteiger partial charge in [0.1, 0.15) is 10.6 Å². The fraction of sp³-hybridized carbons (Fsp3) is 0.167. The van der Waals surface area contributed by atoms with Crippen molar-refractivity contribution in [2.24, 2.45) is 0 Å². The predicted molar refractivity (Wildman–Crippen MR) is 66.9 cm³/mol. The molecule has 0 atom stereocenters. The molecule has 0 saturated heterocycles. The van der Waals surface area contributed by atoms with Crippen molar-refractivity contribution in [2.45, 2.75) is 12.8 Å². The van der Waals surface area contributed by atoms with E-state index >= 15 is 0 Å². The Hall–Kier alpha value is -2.08. The van der Waals surface area contributed by atoms with E-state index < -0.39 is 5.97 Å². The van der Waals surface area contributed by atoms with Crippen LogP contribution in [0, 0.1) is 0 Å². The van der Waals surface area contributed by atoms with Crippen molar-refractivity contribution in [3.63, 3.8) is 0 Å². The second-order valence-electron chi connectivity index (χ2n) is 3.60. The molecule has 6 heteroatoms. The molecule has 0 unspecified atom stereocenters. The largest absolute Gasteiger partial charge is 0.477 e. The summed E-state index contributed by atoms with van der Waals surface area (Å²) in [6.45, 7) is 0. The molecule has 0 bridgehead atoms. The Balaban J connectivity index is 1.91. The second-order valence-corrected chi connectivity index (χ2v) is 4.51. The molecule has 0 fully saturated rings. The number of hydrogen-bond acceptors (Lipinski definition) is 4. The number of carboxylic acid groups (broad SMARTS) is 1. The number of aromatic carboxylic acids is 1. The maximum atomic E-state index is 11.6. The Morgan fingerprint density at radius 3 is 2.89 bits per heavy atom. The Labute approximate surface area is 107 Å². The van der Waals surface area contributed by atoms with Gasteiger partial charge in [0.2, 0.25) is 5.91 Å². The van der Waals surface area contributed by atoms with E-state index in [4.69, 9.17) is 9.52 Å². The number of amides is 1. The number of thiophene rings is 1. The van der Waals surface area contributed by atoms with Gasteiger partial charge in [-0.05, 0) is 23.6 Å². The smallest absolute Gasteiger partial charge is 0.348 e. The van der Waals surface area contributed by atoms with Crippen LogP contribution in [0.1, 0.15) is 21.9 Å². The third-order valence-corrected chi connectivity index (χ3v) is 3.21. The lowest BCUT2D eigenvalue weighted by Crippen LogP contribution is -2.13. The first-order valence-corrected chi connectivity index (χ1v) is 6.18. The third kappa shape index (κ3) is 2.98. The summed E-state index contributed by atoms with van der Waals surface area (Å²) in [5.74, 6) is -0.535. The van der Waals surface area contributed by atoms with E-state index in [0.717, 1.165) is 17.1 Å². The summed E-state index contributed by atoms with van der Waals surface area (Å²) < 4.78 is 5.11. The molecule has 0 spiro atoms. The standard InChI is InChI=1S/C12H11NO4S/c14-10(4-3-8-2-1-6-17-8)13-9-5-7-18-11(9)12(15)16/h1-2,5-7H,3-4H2,(H,13,14)(H,15,16). The number of rotatable bonds is 5. The minimum absolute atomic E-state index is 0.140. The molecule has 2 rings (SSSR count). The van der Waals surface area contributed by atoms with Crippen LogP contribution in [0.4, 0.5) is 5.69 Å². The van der Waals surface area contributed by atoms with Crippen LogP contribution >= 0.6 is 11.3 Å². The summed E-state index contributed by atoms with van der Waals surface area (Å²) >= 11 is 1.08. The molecule has 0 aliphatic carbocycles. The van der Waals surface area contributed by atoms with Crippen molar-refractivity contribution in [3.05, 3.63) is 40.5 Å². The van der Waals surface area contributed by atoms with Gasteiger partial charge >= 0.3 is 5.97 Å². The minimum Gasteiger partial charge on any atom is -0.477 e. The number of carbonyl (C=O) groups is 2. The monoisotopic (exact) mass is 265 g/mol. The highest BCUT2D eigenvalue weighted by atomic mass is 32.1. The first kappa shape index (κ1) is 12.4. The highest BCUT2D eigenvalue weighted by Crippen LogP contribution is 2.22. The molecule has 0 radical (unpaired) electrons. The minimum atomic E-state index is -1.04. The van der Waals surface area contributed by atoms with Gasteiger partial charge in [-0.3, -0.25) is 4.79 Å². The zero-order chi connectivity index (χ0) is 13.0. The normalized spacial score (nSPS) is 10.2. The van der Waals surface area contributed by atoms with Crippen molar-refractivity contribution in [1.82, 2.24) is 0 Å². The third-order valence-electron chi connectivity index (χ3n) is 2.31. The maximum Gasteiger partial charge on any atom is 0.348 e. The Morgan fingerprint density at radius 1 is 1.39 bits per heavy atom. The Morgan fingerprint density at radius 2 is 2.22 bits per heavy atom. The number of hydrogen-bond donors (Lipinski definition) is 2. The van der Waals surface area contributed by atoms with Gasteiger partial charge in [0, 0.05) is 12.8 Å². The highest BCUT2D eigenvalue weighted by Gasteiger charge is 2.13. The van der Waals surface area contributed by atoms with Gasteiger partial charge in [0.15, 0.2) is 0 Å². The number of carboxylic acids is 1. The molecule has 2 aromatic heterocycles. The molecular formula is C12H11NO4S. The van der Waals surface area contributed by atoms with Crippen molar-refractivity contribution in [1.29, 1.82) is 0 Å². The molecule has 18 heavy (non-hydrogen) atoms. The van der Waals surface area contributed by atoms with E-state index in [1.807, 2.05) is 0 Å². The van der Waals surface area contributed by atoms with Crippen LogP contribution in [0.2, 0.25) is 0 Å². The number of nitrogens with one attached hydrogen (secondary N) is 1. The topological polar surface area (TPSA) is 79.5 Å². The lowest BCUT2D eigenvalue weighted by atomic mass is 10.2. The maximum absolute atomic E-state index is 11.6. The summed E-state index contributed by atoms with van der Waals surface area (Å²) in [6, 6.07) is 5.13. The van der Waals surface area contributed by atoms with Gasteiger partial charge in [0.25, 0.3) is 0 Å². The van der Waals surface area contributed by atoms with Crippen LogP contribution < -0.4 is 5.32 Å². The highest BCUT2D eigenvalue weighted by molar-refractivity contribution is 7.12. The summed E-state index contributed by atoms with van der Waals surface area (Å²) in [4.78, 5) is 22.6. The quantitative estimate of drug-likeness (QED) is 0.870. The molecule has 0 aliphatic heterocycles. The van der Waals surface area contributed by atoms with Crippen LogP contribution in [-0.4, -0.2) is 17.0 Å². The van der Waals surface area contributed by atoms with E-state index in [-0.39, 0.29) is 17.2 Å². The van der Waals surface area contributed by atoms with E-state index in [1.165, 1.54) is 0 Å². The summed E-state index contributed by atoms with van der Waals surface area (Å²) in [6.07, 6.45) is 2.29. The first-order chi connectivity index (χ1) is 8.66. The molecule has 1 amide bonds. The average Bonchev–Trinajstić information content (AvgIpc) is 2.96. The fourth-order valence-electron chi connectivity index (χ4n) is 1.48. The molecule has 2 aromatic rings. The van der Waals surface area contributed by atoms with Gasteiger partial charge in [-0.25, -0.2) is 4.79 Å². The summed E-state index contributed by atoms with van der Waals surface area (Å²) in [5, 5.41) is 13.1. The van der Waals surface area contributed by atoms with Crippen molar-refractivity contribution < 1.29 is 19.1 Å². The van der Waals surface area contributed by atoms with Crippen molar-refractivity contribution >= 4 is 28.9 Å². The molecular weight excluding hydrogens is 254 g/mol. The van der Waals surface area contributed by atoms with E-state index in [9.17, 15) is 9.59 Å². The van der Waals surface area contributed by atoms with E-state index in [0.29, 0.717) is 12.1 Å². The molecule has 2 heterocycles. The lowest BCUT2D eigenvalue weighted by molar-refractivity contribution is -0.116.